The first-order valence-electron chi connectivity index (χ1n) is 12.0. The Hall–Kier alpha value is -1.25. The van der Waals surface area contributed by atoms with Crippen molar-refractivity contribution >= 4 is 5.78 Å². The highest BCUT2D eigenvalue weighted by Crippen LogP contribution is 2.77. The van der Waals surface area contributed by atoms with Crippen LogP contribution in [0.15, 0.2) is 23.5 Å². The van der Waals surface area contributed by atoms with Gasteiger partial charge in [0.1, 0.15) is 17.3 Å². The first-order valence-corrected chi connectivity index (χ1v) is 12.0. The molecule has 3 saturated carbocycles. The SMILES string of the molecule is C=C1C(=O)[C@]23[C@H](O)[C@H]1CC[C@H]2[C@@]12CO[C@]3(O)[C@@H](O)[C@@H]1C(C)(C)CC1=C2O[C@H](OCC)CC1. The van der Waals surface area contributed by atoms with Crippen molar-refractivity contribution in [3.8, 4) is 0 Å². The highest BCUT2D eigenvalue weighted by atomic mass is 16.7. The smallest absolute Gasteiger partial charge is 0.208 e. The zero-order valence-corrected chi connectivity index (χ0v) is 19.1. The molecule has 0 aromatic rings. The van der Waals surface area contributed by atoms with Gasteiger partial charge in [-0.3, -0.25) is 4.79 Å². The molecule has 32 heavy (non-hydrogen) atoms. The fourth-order valence-corrected chi connectivity index (χ4v) is 8.97. The summed E-state index contributed by atoms with van der Waals surface area (Å²) in [6, 6.07) is 0. The lowest BCUT2D eigenvalue weighted by molar-refractivity contribution is -0.444. The van der Waals surface area contributed by atoms with Gasteiger partial charge in [0.25, 0.3) is 0 Å². The highest BCUT2D eigenvalue weighted by Gasteiger charge is 2.87. The van der Waals surface area contributed by atoms with Crippen LogP contribution in [0.5, 0.6) is 0 Å². The number of fused-ring (bicyclic) bond motifs is 2. The number of allylic oxidation sites excluding steroid dienone is 1. The van der Waals surface area contributed by atoms with Crippen LogP contribution in [0.25, 0.3) is 0 Å². The molecule has 0 radical (unpaired) electrons. The Bertz CT molecular complexity index is 939. The predicted octanol–water partition coefficient (Wildman–Crippen LogP) is 2.05. The number of aliphatic hydroxyl groups is 3. The summed E-state index contributed by atoms with van der Waals surface area (Å²) in [6.07, 6.45) is 0.716. The van der Waals surface area contributed by atoms with E-state index in [1.165, 1.54) is 5.57 Å². The van der Waals surface area contributed by atoms with Crippen molar-refractivity contribution < 1.29 is 34.3 Å². The zero-order valence-electron chi connectivity index (χ0n) is 19.1. The monoisotopic (exact) mass is 446 g/mol. The Morgan fingerprint density at radius 3 is 2.66 bits per heavy atom. The first-order chi connectivity index (χ1) is 15.1. The molecule has 3 heterocycles. The van der Waals surface area contributed by atoms with Crippen molar-refractivity contribution in [2.75, 3.05) is 13.2 Å². The second-order valence-corrected chi connectivity index (χ2v) is 11.5. The Morgan fingerprint density at radius 1 is 1.19 bits per heavy atom. The van der Waals surface area contributed by atoms with Crippen LogP contribution < -0.4 is 0 Å². The fraction of sp³-hybridized carbons (Fsp3) is 0.800. The van der Waals surface area contributed by atoms with Crippen LogP contribution in [-0.2, 0) is 19.0 Å². The Balaban J connectivity index is 1.62. The molecular formula is C25H34O7. The average molecular weight is 447 g/mol. The van der Waals surface area contributed by atoms with E-state index in [9.17, 15) is 20.1 Å². The van der Waals surface area contributed by atoms with E-state index in [1.54, 1.807) is 0 Å². The normalized spacial score (nSPS) is 52.9. The predicted molar refractivity (Wildman–Crippen MR) is 113 cm³/mol. The van der Waals surface area contributed by atoms with Crippen molar-refractivity contribution in [3.05, 3.63) is 23.5 Å². The molecular weight excluding hydrogens is 412 g/mol. The van der Waals surface area contributed by atoms with Crippen LogP contribution in [0, 0.1) is 34.0 Å². The fourth-order valence-electron chi connectivity index (χ4n) is 8.97. The number of hydrogen-bond acceptors (Lipinski definition) is 7. The van der Waals surface area contributed by atoms with E-state index in [1.807, 2.05) is 6.92 Å². The van der Waals surface area contributed by atoms with Crippen LogP contribution in [0.2, 0.25) is 0 Å². The average Bonchev–Trinajstić information content (AvgIpc) is 2.84. The number of rotatable bonds is 2. The van der Waals surface area contributed by atoms with Crippen molar-refractivity contribution in [2.45, 2.75) is 77.2 Å². The van der Waals surface area contributed by atoms with Gasteiger partial charge in [-0.2, -0.15) is 0 Å². The van der Waals surface area contributed by atoms with Gasteiger partial charge in [-0.25, -0.2) is 0 Å². The number of carbonyl (C=O) groups is 1. The van der Waals surface area contributed by atoms with Crippen molar-refractivity contribution in [2.24, 2.45) is 34.0 Å². The summed E-state index contributed by atoms with van der Waals surface area (Å²) in [5, 5.41) is 35.2. The van der Waals surface area contributed by atoms with Crippen molar-refractivity contribution in [1.29, 1.82) is 0 Å². The maximum Gasteiger partial charge on any atom is 0.208 e. The minimum absolute atomic E-state index is 0.149. The Labute approximate surface area is 188 Å². The molecule has 5 fully saturated rings. The van der Waals surface area contributed by atoms with Crippen LogP contribution in [0.4, 0.5) is 0 Å². The second-order valence-electron chi connectivity index (χ2n) is 11.5. The van der Waals surface area contributed by atoms with E-state index in [0.717, 1.165) is 25.0 Å². The molecule has 7 aliphatic rings. The third-order valence-corrected chi connectivity index (χ3v) is 9.83. The summed E-state index contributed by atoms with van der Waals surface area (Å²) >= 11 is 0. The van der Waals surface area contributed by atoms with Crippen LogP contribution >= 0.6 is 0 Å². The third kappa shape index (κ3) is 2.02. The van der Waals surface area contributed by atoms with Gasteiger partial charge in [0.2, 0.25) is 5.79 Å². The maximum absolute atomic E-state index is 13.8. The number of carbonyl (C=O) groups excluding carboxylic acids is 1. The lowest BCUT2D eigenvalue weighted by atomic mass is 9.36. The third-order valence-electron chi connectivity index (χ3n) is 9.83. The zero-order chi connectivity index (χ0) is 22.8. The quantitative estimate of drug-likeness (QED) is 0.558. The Morgan fingerprint density at radius 2 is 1.94 bits per heavy atom. The molecule has 0 aromatic carbocycles. The summed E-state index contributed by atoms with van der Waals surface area (Å²) < 4.78 is 18.4. The van der Waals surface area contributed by atoms with Gasteiger partial charge in [-0.05, 0) is 55.1 Å². The number of hydrogen-bond donors (Lipinski definition) is 3. The van der Waals surface area contributed by atoms with Crippen LogP contribution in [0.3, 0.4) is 0 Å². The molecule has 2 spiro atoms. The number of ketones is 1. The molecule has 4 bridgehead atoms. The second kappa shape index (κ2) is 6.25. The number of Topliss-reactive ketones (excluding diaryl/α,β-unsaturated/α-hetero) is 1. The molecule has 2 saturated heterocycles. The summed E-state index contributed by atoms with van der Waals surface area (Å²) in [6.45, 7) is 10.8. The highest BCUT2D eigenvalue weighted by molar-refractivity contribution is 6.05. The minimum Gasteiger partial charge on any atom is -0.469 e. The molecule has 3 aliphatic heterocycles. The van der Waals surface area contributed by atoms with Gasteiger partial charge in [-0.1, -0.05) is 20.4 Å². The van der Waals surface area contributed by atoms with Gasteiger partial charge >= 0.3 is 0 Å². The number of ether oxygens (including phenoxy) is 3. The standard InChI is InChI=1S/C25H34O7/c1-5-30-16-9-6-13-10-22(3,4)17-20(28)25(29)24-15(23(17,11-31-25)21(13)32-16)8-7-14(19(24)27)12(2)18(24)26/h14-17,19-20,27-29H,2,5-11H2,1,3-4H3/t14-,15-,16-,17+,19+,20-,23-,24-,25+/m0/s1. The van der Waals surface area contributed by atoms with Crippen molar-refractivity contribution in [1.82, 2.24) is 0 Å². The number of aliphatic hydroxyl groups excluding tert-OH is 2. The molecule has 9 atom stereocenters. The van der Waals surface area contributed by atoms with E-state index >= 15 is 0 Å². The topological polar surface area (TPSA) is 105 Å². The summed E-state index contributed by atoms with van der Waals surface area (Å²) in [7, 11) is 0. The molecule has 0 amide bonds. The van der Waals surface area contributed by atoms with Crippen LogP contribution in [0.1, 0.15) is 52.9 Å². The van der Waals surface area contributed by atoms with Crippen molar-refractivity contribution in [3.63, 3.8) is 0 Å². The molecule has 7 rings (SSSR count). The lowest BCUT2D eigenvalue weighted by Crippen LogP contribution is -2.84. The van der Waals surface area contributed by atoms with E-state index in [-0.39, 0.29) is 30.0 Å². The lowest BCUT2D eigenvalue weighted by Gasteiger charge is -2.73. The van der Waals surface area contributed by atoms with Gasteiger partial charge in [0.15, 0.2) is 12.1 Å². The minimum atomic E-state index is -2.15. The maximum atomic E-state index is 13.8. The van der Waals surface area contributed by atoms with E-state index in [2.05, 4.69) is 20.4 Å². The molecule has 0 unspecified atom stereocenters. The van der Waals surface area contributed by atoms with Gasteiger partial charge in [-0.15, -0.1) is 0 Å². The first kappa shape index (κ1) is 21.3. The van der Waals surface area contributed by atoms with E-state index in [4.69, 9.17) is 14.2 Å². The molecule has 7 heteroatoms. The molecule has 0 aromatic heterocycles. The summed E-state index contributed by atoms with van der Waals surface area (Å²) in [5.41, 5.74) is -1.27. The molecule has 7 nitrogen and oxygen atoms in total. The van der Waals surface area contributed by atoms with Crippen LogP contribution in [-0.4, -0.2) is 58.6 Å². The summed E-state index contributed by atoms with van der Waals surface area (Å²) in [5.74, 6) is -2.95. The van der Waals surface area contributed by atoms with Gasteiger partial charge in [0, 0.05) is 24.9 Å². The molecule has 176 valence electrons. The van der Waals surface area contributed by atoms with Gasteiger partial charge < -0.3 is 29.5 Å². The molecule has 4 aliphatic carbocycles. The molecule has 3 N–H and O–H groups in total. The van der Waals surface area contributed by atoms with E-state index in [0.29, 0.717) is 25.0 Å². The van der Waals surface area contributed by atoms with E-state index < -0.39 is 40.7 Å². The Kier molecular flexibility index (Phi) is 4.16. The largest absolute Gasteiger partial charge is 0.469 e. The summed E-state index contributed by atoms with van der Waals surface area (Å²) in [4.78, 5) is 13.8. The van der Waals surface area contributed by atoms with Gasteiger partial charge in [0.05, 0.1) is 18.1 Å².